The van der Waals surface area contributed by atoms with Crippen LogP contribution in [0.15, 0.2) is 47.6 Å². The van der Waals surface area contributed by atoms with Crippen molar-refractivity contribution in [1.29, 1.82) is 5.26 Å². The van der Waals surface area contributed by atoms with Gasteiger partial charge in [0, 0.05) is 12.6 Å². The summed E-state index contributed by atoms with van der Waals surface area (Å²) in [5.74, 6) is -3.55. The molecule has 2 aromatic rings. The number of amidine groups is 1. The first-order chi connectivity index (χ1) is 12.7. The molecule has 8 heteroatoms. The van der Waals surface area contributed by atoms with Gasteiger partial charge < -0.3 is 10.5 Å². The highest BCUT2D eigenvalue weighted by molar-refractivity contribution is 5.95. The lowest BCUT2D eigenvalue weighted by Gasteiger charge is -2.37. The van der Waals surface area contributed by atoms with Gasteiger partial charge in [0.05, 0.1) is 5.56 Å². The minimum Gasteiger partial charge on any atom is -0.459 e. The number of benzene rings is 1. The summed E-state index contributed by atoms with van der Waals surface area (Å²) >= 11 is 0. The number of ketones is 1. The zero-order chi connectivity index (χ0) is 19.7. The zero-order valence-electron chi connectivity index (χ0n) is 14.4. The van der Waals surface area contributed by atoms with Crippen molar-refractivity contribution < 1.29 is 18.3 Å². The van der Waals surface area contributed by atoms with Crippen molar-refractivity contribution in [2.45, 2.75) is 24.8 Å². The number of hydrogen-bond donors (Lipinski definition) is 1. The van der Waals surface area contributed by atoms with E-state index < -0.39 is 18.1 Å². The summed E-state index contributed by atoms with van der Waals surface area (Å²) in [5.41, 5.74) is 4.93. The summed E-state index contributed by atoms with van der Waals surface area (Å²) < 4.78 is 33.6. The van der Waals surface area contributed by atoms with Crippen LogP contribution in [0.4, 0.5) is 8.78 Å². The first-order valence-electron chi connectivity index (χ1n) is 8.10. The maximum absolute atomic E-state index is 14.5. The number of ether oxygens (including phenoxy) is 1. The Bertz CT molecular complexity index is 951. The van der Waals surface area contributed by atoms with E-state index in [0.29, 0.717) is 11.1 Å². The lowest BCUT2D eigenvalue weighted by Crippen LogP contribution is -2.50. The second-order valence-electron chi connectivity index (χ2n) is 6.36. The van der Waals surface area contributed by atoms with E-state index in [0.717, 1.165) is 0 Å². The molecule has 0 amide bonds. The van der Waals surface area contributed by atoms with Crippen molar-refractivity contribution in [2.24, 2.45) is 10.7 Å². The highest BCUT2D eigenvalue weighted by Gasteiger charge is 2.55. The van der Waals surface area contributed by atoms with E-state index >= 15 is 0 Å². The average Bonchev–Trinajstić information content (AvgIpc) is 2.65. The van der Waals surface area contributed by atoms with Crippen molar-refractivity contribution >= 4 is 11.8 Å². The highest BCUT2D eigenvalue weighted by Crippen LogP contribution is 2.43. The fourth-order valence-corrected chi connectivity index (χ4v) is 2.80. The molecule has 1 aliphatic heterocycles. The zero-order valence-corrected chi connectivity index (χ0v) is 14.4. The van der Waals surface area contributed by atoms with E-state index in [4.69, 9.17) is 11.0 Å². The van der Waals surface area contributed by atoms with Gasteiger partial charge in [-0.1, -0.05) is 24.3 Å². The molecule has 1 aliphatic rings. The van der Waals surface area contributed by atoms with Crippen LogP contribution in [0.3, 0.4) is 0 Å². The molecule has 6 nitrogen and oxygen atoms in total. The first kappa shape index (κ1) is 18.5. The lowest BCUT2D eigenvalue weighted by atomic mass is 9.84. The van der Waals surface area contributed by atoms with Gasteiger partial charge in [0.2, 0.25) is 0 Å². The van der Waals surface area contributed by atoms with Crippen LogP contribution >= 0.6 is 0 Å². The third kappa shape index (κ3) is 3.49. The van der Waals surface area contributed by atoms with Gasteiger partial charge in [-0.25, -0.2) is 4.99 Å². The van der Waals surface area contributed by atoms with Gasteiger partial charge in [0.15, 0.2) is 17.9 Å². The summed E-state index contributed by atoms with van der Waals surface area (Å²) in [7, 11) is 0. The number of aromatic nitrogens is 1. The molecular formula is C19H16F2N4O2. The molecule has 1 aromatic heterocycles. The number of carbonyl (C=O) groups excluding carboxylic acids is 1. The van der Waals surface area contributed by atoms with Crippen molar-refractivity contribution in [3.63, 3.8) is 0 Å². The number of halogens is 2. The number of nitriles is 1. The molecule has 3 rings (SSSR count). The largest absolute Gasteiger partial charge is 0.459 e. The molecule has 2 N–H and O–H groups in total. The molecular weight excluding hydrogens is 354 g/mol. The maximum atomic E-state index is 14.5. The minimum atomic E-state index is -3.26. The van der Waals surface area contributed by atoms with Crippen LogP contribution in [0.25, 0.3) is 0 Å². The van der Waals surface area contributed by atoms with E-state index in [9.17, 15) is 13.6 Å². The number of pyridine rings is 1. The van der Waals surface area contributed by atoms with Gasteiger partial charge in [0.25, 0.3) is 6.02 Å². The van der Waals surface area contributed by atoms with Crippen LogP contribution < -0.4 is 5.73 Å². The van der Waals surface area contributed by atoms with E-state index in [2.05, 4.69) is 14.7 Å². The van der Waals surface area contributed by atoms with Crippen molar-refractivity contribution in [3.8, 4) is 6.07 Å². The van der Waals surface area contributed by atoms with E-state index in [-0.39, 0.29) is 29.5 Å². The van der Waals surface area contributed by atoms with Crippen LogP contribution in [0, 0.1) is 11.3 Å². The fourth-order valence-electron chi connectivity index (χ4n) is 2.80. The normalized spacial score (nSPS) is 20.9. The molecule has 138 valence electrons. The smallest absolute Gasteiger partial charge is 0.310 e. The average molecular weight is 370 g/mol. The Kier molecular flexibility index (Phi) is 4.62. The van der Waals surface area contributed by atoms with Crippen LogP contribution in [-0.2, 0) is 16.7 Å². The number of aliphatic imine (C=N–C) groups is 1. The Balaban J connectivity index is 1.88. The second-order valence-corrected chi connectivity index (χ2v) is 6.36. The summed E-state index contributed by atoms with van der Waals surface area (Å²) in [5, 5.41) is 8.78. The predicted molar refractivity (Wildman–Crippen MR) is 93.3 cm³/mol. The van der Waals surface area contributed by atoms with E-state index in [1.807, 2.05) is 6.07 Å². The van der Waals surface area contributed by atoms with Crippen LogP contribution in [0.2, 0.25) is 0 Å². The summed E-state index contributed by atoms with van der Waals surface area (Å²) in [6.45, 7) is 0.419. The second kappa shape index (κ2) is 6.76. The van der Waals surface area contributed by atoms with Gasteiger partial charge in [-0.3, -0.25) is 9.78 Å². The molecule has 0 saturated carbocycles. The molecule has 2 heterocycles. The van der Waals surface area contributed by atoms with Gasteiger partial charge >= 0.3 is 5.92 Å². The molecule has 0 unspecified atom stereocenters. The Labute approximate surface area is 154 Å². The molecule has 27 heavy (non-hydrogen) atoms. The van der Waals surface area contributed by atoms with Crippen LogP contribution in [-0.4, -0.2) is 29.3 Å². The molecule has 0 radical (unpaired) electrons. The maximum Gasteiger partial charge on any atom is 0.310 e. The number of carbonyl (C=O) groups is 1. The van der Waals surface area contributed by atoms with Gasteiger partial charge in [-0.2, -0.15) is 14.0 Å². The molecule has 0 saturated heterocycles. The molecule has 0 bridgehead atoms. The number of alkyl halides is 2. The minimum absolute atomic E-state index is 0.0237. The van der Waals surface area contributed by atoms with Crippen LogP contribution in [0.1, 0.15) is 34.1 Å². The summed E-state index contributed by atoms with van der Waals surface area (Å²) in [6.07, 6.45) is 1.29. The third-order valence-corrected chi connectivity index (χ3v) is 4.48. The fraction of sp³-hybridized carbons (Fsp3) is 0.263. The standard InChI is InChI=1S/C19H16F2N4O2/c1-18(19(20,21)11-27-17(23)25-18)14-4-2-3-12(7-14)8-16(26)15-6-5-13(9-22)10-24-15/h2-7,10H,8,11H2,1H3,(H2,23,25)/t18-/m1/s1. The van der Waals surface area contributed by atoms with Crippen molar-refractivity contribution in [2.75, 3.05) is 6.61 Å². The molecule has 0 aliphatic carbocycles. The van der Waals surface area contributed by atoms with Gasteiger partial charge in [-0.15, -0.1) is 0 Å². The number of Topliss-reactive ketones (excluding diaryl/α,β-unsaturated/α-hetero) is 1. The summed E-state index contributed by atoms with van der Waals surface area (Å²) in [6, 6.07) is 10.9. The molecule has 0 fully saturated rings. The SMILES string of the molecule is C[C@]1(c2cccc(CC(=O)c3ccc(C#N)cn3)c2)N=C(N)OCC1(F)F. The molecule has 0 spiro atoms. The highest BCUT2D eigenvalue weighted by atomic mass is 19.3. The molecule has 1 aromatic carbocycles. The quantitative estimate of drug-likeness (QED) is 0.834. The third-order valence-electron chi connectivity index (χ3n) is 4.48. The van der Waals surface area contributed by atoms with Crippen LogP contribution in [0.5, 0.6) is 0 Å². The van der Waals surface area contributed by atoms with E-state index in [1.165, 1.54) is 37.4 Å². The Hall–Kier alpha value is -3.34. The first-order valence-corrected chi connectivity index (χ1v) is 8.10. The monoisotopic (exact) mass is 370 g/mol. The lowest BCUT2D eigenvalue weighted by molar-refractivity contribution is -0.116. The predicted octanol–water partition coefficient (Wildman–Crippen LogP) is 2.57. The Morgan fingerprint density at radius 3 is 2.81 bits per heavy atom. The van der Waals surface area contributed by atoms with Gasteiger partial charge in [-0.05, 0) is 30.2 Å². The van der Waals surface area contributed by atoms with Crippen molar-refractivity contribution in [1.82, 2.24) is 4.98 Å². The number of hydrogen-bond acceptors (Lipinski definition) is 6. The molecule has 1 atom stereocenters. The summed E-state index contributed by atoms with van der Waals surface area (Å²) in [4.78, 5) is 20.2. The topological polar surface area (TPSA) is 101 Å². The van der Waals surface area contributed by atoms with Gasteiger partial charge in [0.1, 0.15) is 11.8 Å². The van der Waals surface area contributed by atoms with E-state index in [1.54, 1.807) is 12.1 Å². The number of nitrogens with two attached hydrogens (primary N) is 1. The van der Waals surface area contributed by atoms with Crippen molar-refractivity contribution in [3.05, 3.63) is 65.0 Å². The Morgan fingerprint density at radius 1 is 1.37 bits per heavy atom. The number of nitrogens with zero attached hydrogens (tertiary/aromatic N) is 3. The Morgan fingerprint density at radius 2 is 2.15 bits per heavy atom. The number of rotatable bonds is 4.